The summed E-state index contributed by atoms with van der Waals surface area (Å²) in [4.78, 5) is 0. The van der Waals surface area contributed by atoms with Crippen LogP contribution in [0.25, 0.3) is 22.3 Å². The molecule has 0 saturated heterocycles. The molecule has 2 spiro atoms. The number of aromatic hydroxyl groups is 2. The monoisotopic (exact) mass is 689 g/mol. The van der Waals surface area contributed by atoms with Crippen LogP contribution in [0.1, 0.15) is 0 Å². The van der Waals surface area contributed by atoms with E-state index < -0.39 is 22.5 Å². The van der Waals surface area contributed by atoms with Gasteiger partial charge in [-0.3, -0.25) is 0 Å². The summed E-state index contributed by atoms with van der Waals surface area (Å²) >= 11 is 0. The minimum absolute atomic E-state index is 0.0907. The van der Waals surface area contributed by atoms with Crippen molar-refractivity contribution in [3.05, 3.63) is 146 Å². The van der Waals surface area contributed by atoms with E-state index in [0.717, 1.165) is 22.3 Å². The standard InChI is InChI=1S/C36H26N3O6P3/c40-25-17-21-27(22-18-25)46(28-23-19-26(41)20-24-28)37-47(42-33-13-5-1-9-29(33)30-10-2-6-14-34(30)43-47)39-48(38-46)44-35-15-7-3-11-31(35)32-12-4-8-16-36(32)45-48/h1-24,40-41H. The first-order valence-electron chi connectivity index (χ1n) is 15.1. The Labute approximate surface area is 276 Å². The van der Waals surface area contributed by atoms with Gasteiger partial charge in [0.1, 0.15) is 34.5 Å². The average Bonchev–Trinajstić information content (AvgIpc) is 3.31. The minimum atomic E-state index is -3.77. The van der Waals surface area contributed by atoms with Gasteiger partial charge in [-0.05, 0) is 72.8 Å². The number of benzene rings is 6. The first kappa shape index (κ1) is 29.0. The molecule has 6 aromatic carbocycles. The lowest BCUT2D eigenvalue weighted by molar-refractivity contribution is 0.469. The van der Waals surface area contributed by atoms with Gasteiger partial charge in [-0.25, -0.2) is 0 Å². The minimum Gasteiger partial charge on any atom is -0.508 e. The maximum atomic E-state index is 10.4. The molecule has 0 saturated carbocycles. The molecule has 236 valence electrons. The van der Waals surface area contributed by atoms with Crippen molar-refractivity contribution in [3.63, 3.8) is 0 Å². The fourth-order valence-corrected chi connectivity index (χ4v) is 17.1. The van der Waals surface area contributed by atoms with Gasteiger partial charge in [0.25, 0.3) is 0 Å². The molecule has 3 aliphatic heterocycles. The zero-order chi connectivity index (χ0) is 32.3. The molecule has 9 rings (SSSR count). The molecule has 12 heteroatoms. The van der Waals surface area contributed by atoms with Gasteiger partial charge >= 0.3 is 15.3 Å². The normalized spacial score (nSPS) is 16.9. The predicted molar refractivity (Wildman–Crippen MR) is 190 cm³/mol. The van der Waals surface area contributed by atoms with E-state index in [2.05, 4.69) is 0 Å². The molecule has 6 aromatic rings. The molecule has 0 atom stereocenters. The molecule has 3 heterocycles. The second kappa shape index (κ2) is 10.9. The highest BCUT2D eigenvalue weighted by molar-refractivity contribution is 7.90. The molecule has 3 aliphatic rings. The molecule has 0 amide bonds. The fourth-order valence-electron chi connectivity index (χ4n) is 5.97. The van der Waals surface area contributed by atoms with Gasteiger partial charge in [-0.2, -0.15) is 9.03 Å². The van der Waals surface area contributed by atoms with Crippen LogP contribution in [0, 0.1) is 0 Å². The third-order valence-corrected chi connectivity index (χ3v) is 17.6. The van der Waals surface area contributed by atoms with Crippen molar-refractivity contribution in [1.29, 1.82) is 0 Å². The summed E-state index contributed by atoms with van der Waals surface area (Å²) in [5.74, 6) is 2.38. The summed E-state index contributed by atoms with van der Waals surface area (Å²) < 4.78 is 44.1. The summed E-state index contributed by atoms with van der Waals surface area (Å²) in [6.07, 6.45) is 0. The number of rotatable bonds is 2. The van der Waals surface area contributed by atoms with Crippen LogP contribution < -0.4 is 28.7 Å². The van der Waals surface area contributed by atoms with E-state index in [-0.39, 0.29) is 11.5 Å². The van der Waals surface area contributed by atoms with Gasteiger partial charge in [0, 0.05) is 32.9 Å². The Morgan fingerprint density at radius 3 is 1.02 bits per heavy atom. The Bertz CT molecular complexity index is 2180. The van der Waals surface area contributed by atoms with E-state index in [1.807, 2.05) is 97.1 Å². The molecule has 0 fully saturated rings. The van der Waals surface area contributed by atoms with Crippen molar-refractivity contribution in [1.82, 2.24) is 0 Å². The van der Waals surface area contributed by atoms with Crippen molar-refractivity contribution < 1.29 is 28.3 Å². The van der Waals surface area contributed by atoms with Gasteiger partial charge in [0.05, 0.1) is 0 Å². The van der Waals surface area contributed by atoms with Crippen LogP contribution in [0.5, 0.6) is 34.5 Å². The second-order valence-electron chi connectivity index (χ2n) is 11.2. The van der Waals surface area contributed by atoms with Gasteiger partial charge in [-0.1, -0.05) is 77.3 Å². The van der Waals surface area contributed by atoms with Crippen molar-refractivity contribution in [2.45, 2.75) is 0 Å². The molecule has 0 unspecified atom stereocenters. The highest BCUT2D eigenvalue weighted by atomic mass is 31.3. The molecule has 2 N–H and O–H groups in total. The zero-order valence-electron chi connectivity index (χ0n) is 25.1. The van der Waals surface area contributed by atoms with Crippen LogP contribution in [0.3, 0.4) is 0 Å². The second-order valence-corrected chi connectivity index (χ2v) is 18.3. The van der Waals surface area contributed by atoms with Gasteiger partial charge < -0.3 is 28.3 Å². The highest BCUT2D eigenvalue weighted by Crippen LogP contribution is 2.79. The predicted octanol–water partition coefficient (Wildman–Crippen LogP) is 10.3. The summed E-state index contributed by atoms with van der Waals surface area (Å²) in [5, 5.41) is 22.1. The van der Waals surface area contributed by atoms with Gasteiger partial charge in [-0.15, -0.1) is 0 Å². The molecule has 0 bridgehead atoms. The van der Waals surface area contributed by atoms with E-state index in [9.17, 15) is 10.2 Å². The maximum Gasteiger partial charge on any atom is 0.455 e. The van der Waals surface area contributed by atoms with Crippen LogP contribution in [-0.4, -0.2) is 10.2 Å². The van der Waals surface area contributed by atoms with E-state index in [1.165, 1.54) is 0 Å². The SMILES string of the molecule is Oc1ccc(P2(c3ccc(O)cc3)=NP3(=NP4(=N2)Oc2ccccc2-c2ccccc2O4)Oc2ccccc2-c2ccccc2O3)cc1. The van der Waals surface area contributed by atoms with Crippen LogP contribution in [0.15, 0.2) is 159 Å². The largest absolute Gasteiger partial charge is 0.508 e. The third kappa shape index (κ3) is 4.74. The summed E-state index contributed by atoms with van der Waals surface area (Å²) in [6, 6.07) is 44.4. The Morgan fingerprint density at radius 1 is 0.354 bits per heavy atom. The van der Waals surface area contributed by atoms with Crippen molar-refractivity contribution >= 4 is 33.1 Å². The smallest absolute Gasteiger partial charge is 0.455 e. The number of hydrogen-bond acceptors (Lipinski definition) is 9. The Balaban J connectivity index is 1.44. The fraction of sp³-hybridized carbons (Fsp3) is 0. The Kier molecular flexibility index (Phi) is 6.60. The Morgan fingerprint density at radius 2 is 0.667 bits per heavy atom. The average molecular weight is 690 g/mol. The lowest BCUT2D eigenvalue weighted by Crippen LogP contribution is -2.18. The van der Waals surface area contributed by atoms with Crippen molar-refractivity contribution in [2.24, 2.45) is 13.5 Å². The number of fused-ring (bicyclic) bond motifs is 6. The summed E-state index contributed by atoms with van der Waals surface area (Å²) in [7, 11) is -10.9. The van der Waals surface area contributed by atoms with E-state index in [4.69, 9.17) is 31.6 Å². The zero-order valence-corrected chi connectivity index (χ0v) is 27.8. The van der Waals surface area contributed by atoms with Crippen LogP contribution in [-0.2, 0) is 0 Å². The summed E-state index contributed by atoms with van der Waals surface area (Å²) in [6.45, 7) is 0. The van der Waals surface area contributed by atoms with Gasteiger partial charge in [0.2, 0.25) is 0 Å². The lowest BCUT2D eigenvalue weighted by atomic mass is 10.0. The number of hydrogen-bond donors (Lipinski definition) is 2. The van der Waals surface area contributed by atoms with Gasteiger partial charge in [0.15, 0.2) is 7.21 Å². The Hall–Kier alpha value is -5.19. The molecular weight excluding hydrogens is 663 g/mol. The van der Waals surface area contributed by atoms with Crippen molar-refractivity contribution in [3.8, 4) is 56.8 Å². The molecule has 0 aliphatic carbocycles. The topological polar surface area (TPSA) is 114 Å². The molecular formula is C36H26N3O6P3. The van der Waals surface area contributed by atoms with E-state index in [0.29, 0.717) is 33.6 Å². The molecule has 48 heavy (non-hydrogen) atoms. The number of phenolic OH excluding ortho intramolecular Hbond substituents is 2. The highest BCUT2D eigenvalue weighted by Gasteiger charge is 2.48. The quantitative estimate of drug-likeness (QED) is 0.175. The first-order chi connectivity index (χ1) is 23.4. The van der Waals surface area contributed by atoms with Crippen LogP contribution >= 0.6 is 22.5 Å². The van der Waals surface area contributed by atoms with Crippen molar-refractivity contribution in [2.75, 3.05) is 0 Å². The molecule has 9 nitrogen and oxygen atoms in total. The number of phenols is 2. The molecule has 0 radical (unpaired) electrons. The van der Waals surface area contributed by atoms with E-state index in [1.54, 1.807) is 48.5 Å². The molecule has 0 aromatic heterocycles. The van der Waals surface area contributed by atoms with Crippen LogP contribution in [0.4, 0.5) is 0 Å². The van der Waals surface area contributed by atoms with E-state index >= 15 is 0 Å². The number of para-hydroxylation sites is 4. The number of nitrogens with zero attached hydrogens (tertiary/aromatic N) is 3. The first-order valence-corrected chi connectivity index (χ1v) is 19.8. The maximum absolute atomic E-state index is 10.4. The third-order valence-electron chi connectivity index (χ3n) is 8.13. The summed E-state index contributed by atoms with van der Waals surface area (Å²) in [5.41, 5.74) is 3.34. The van der Waals surface area contributed by atoms with Crippen LogP contribution in [0.2, 0.25) is 0 Å². The lowest BCUT2D eigenvalue weighted by Gasteiger charge is -2.33.